The van der Waals surface area contributed by atoms with Crippen LogP contribution in [-0.2, 0) is 16.6 Å². The highest BCUT2D eigenvalue weighted by Crippen LogP contribution is 2.17. The van der Waals surface area contributed by atoms with Crippen molar-refractivity contribution in [3.05, 3.63) is 58.4 Å². The first-order valence-corrected chi connectivity index (χ1v) is 8.05. The van der Waals surface area contributed by atoms with E-state index in [1.54, 1.807) is 31.4 Å². The van der Waals surface area contributed by atoms with Gasteiger partial charge in [0.15, 0.2) is 12.4 Å². The van der Waals surface area contributed by atoms with Gasteiger partial charge in [0.2, 0.25) is 0 Å². The Morgan fingerprint density at radius 2 is 2.00 bits per heavy atom. The molecule has 0 fully saturated rings. The average molecular weight is 363 g/mol. The van der Waals surface area contributed by atoms with E-state index in [9.17, 15) is 14.4 Å². The van der Waals surface area contributed by atoms with Crippen molar-refractivity contribution in [3.63, 3.8) is 0 Å². The molecule has 7 heteroatoms. The summed E-state index contributed by atoms with van der Waals surface area (Å²) in [5.74, 6) is -1.25. The molecular formula is C18H19ClN2O4. The van der Waals surface area contributed by atoms with Crippen molar-refractivity contribution >= 4 is 29.3 Å². The first-order chi connectivity index (χ1) is 11.8. The molecule has 2 aromatic rings. The van der Waals surface area contributed by atoms with Crippen LogP contribution >= 0.6 is 11.6 Å². The van der Waals surface area contributed by atoms with Gasteiger partial charge in [0, 0.05) is 23.8 Å². The Labute approximate surface area is 150 Å². The van der Waals surface area contributed by atoms with Crippen molar-refractivity contribution in [2.24, 2.45) is 7.05 Å². The van der Waals surface area contributed by atoms with E-state index >= 15 is 0 Å². The van der Waals surface area contributed by atoms with Crippen LogP contribution in [0.25, 0.3) is 0 Å². The van der Waals surface area contributed by atoms with Crippen molar-refractivity contribution in [2.75, 3.05) is 6.61 Å². The summed E-state index contributed by atoms with van der Waals surface area (Å²) in [5.41, 5.74) is 1.47. The lowest BCUT2D eigenvalue weighted by atomic mass is 10.1. The first-order valence-electron chi connectivity index (χ1n) is 7.67. The largest absolute Gasteiger partial charge is 0.451 e. The van der Waals surface area contributed by atoms with Crippen LogP contribution in [0.3, 0.4) is 0 Å². The van der Waals surface area contributed by atoms with Crippen LogP contribution in [-0.4, -0.2) is 28.8 Å². The summed E-state index contributed by atoms with van der Waals surface area (Å²) in [4.78, 5) is 35.4. The van der Waals surface area contributed by atoms with Gasteiger partial charge in [-0.2, -0.15) is 0 Å². The summed E-state index contributed by atoms with van der Waals surface area (Å²) < 4.78 is 6.51. The number of ketones is 1. The zero-order chi connectivity index (χ0) is 18.6. The first kappa shape index (κ1) is 18.7. The van der Waals surface area contributed by atoms with Crippen molar-refractivity contribution in [2.45, 2.75) is 19.9 Å². The van der Waals surface area contributed by atoms with Gasteiger partial charge in [-0.1, -0.05) is 23.7 Å². The molecule has 1 N–H and O–H groups in total. The highest BCUT2D eigenvalue weighted by Gasteiger charge is 2.17. The summed E-state index contributed by atoms with van der Waals surface area (Å²) in [6.07, 6.45) is 1.54. The molecule has 0 aliphatic carbocycles. The normalized spacial score (nSPS) is 11.7. The van der Waals surface area contributed by atoms with E-state index in [1.165, 1.54) is 17.6 Å². The zero-order valence-corrected chi connectivity index (χ0v) is 15.0. The van der Waals surface area contributed by atoms with Crippen LogP contribution in [0, 0.1) is 0 Å². The Bertz CT molecular complexity index is 813. The number of hydrogen-bond acceptors (Lipinski definition) is 4. The Morgan fingerprint density at radius 1 is 1.28 bits per heavy atom. The molecule has 0 bridgehead atoms. The maximum absolute atomic E-state index is 12.1. The van der Waals surface area contributed by atoms with Crippen LogP contribution in [0.4, 0.5) is 0 Å². The van der Waals surface area contributed by atoms with Gasteiger partial charge in [-0.25, -0.2) is 4.79 Å². The summed E-state index contributed by atoms with van der Waals surface area (Å²) in [6.45, 7) is 2.81. The predicted molar refractivity (Wildman–Crippen MR) is 93.7 cm³/mol. The number of aryl methyl sites for hydroxylation is 1. The fraction of sp³-hybridized carbons (Fsp3) is 0.278. The number of carbonyl (C=O) groups excluding carboxylic acids is 3. The minimum Gasteiger partial charge on any atom is -0.451 e. The summed E-state index contributed by atoms with van der Waals surface area (Å²) in [6, 6.07) is 8.31. The molecule has 6 nitrogen and oxygen atoms in total. The van der Waals surface area contributed by atoms with E-state index in [0.717, 1.165) is 5.56 Å². The summed E-state index contributed by atoms with van der Waals surface area (Å²) >= 11 is 5.93. The van der Waals surface area contributed by atoms with E-state index in [-0.39, 0.29) is 17.5 Å². The second kappa shape index (κ2) is 7.98. The Morgan fingerprint density at radius 3 is 2.60 bits per heavy atom. The monoisotopic (exact) mass is 362 g/mol. The van der Waals surface area contributed by atoms with Gasteiger partial charge in [0.25, 0.3) is 5.91 Å². The number of carbonyl (C=O) groups is 3. The van der Waals surface area contributed by atoms with Crippen LogP contribution in [0.5, 0.6) is 0 Å². The Kier molecular flexibility index (Phi) is 5.98. The molecule has 2 rings (SSSR count). The maximum Gasteiger partial charge on any atom is 0.355 e. The highest BCUT2D eigenvalue weighted by molar-refractivity contribution is 6.30. The predicted octanol–water partition coefficient (Wildman–Crippen LogP) is 2.92. The Balaban J connectivity index is 1.91. The topological polar surface area (TPSA) is 77.4 Å². The van der Waals surface area contributed by atoms with Crippen molar-refractivity contribution in [1.82, 2.24) is 9.88 Å². The number of nitrogens with zero attached hydrogens (tertiary/aromatic N) is 1. The molecule has 1 atom stereocenters. The van der Waals surface area contributed by atoms with Gasteiger partial charge in [-0.3, -0.25) is 9.59 Å². The van der Waals surface area contributed by atoms with Gasteiger partial charge in [-0.05, 0) is 37.6 Å². The number of amides is 1. The molecule has 0 aliphatic heterocycles. The quantitative estimate of drug-likeness (QED) is 0.633. The molecule has 0 saturated heterocycles. The number of halogens is 1. The molecule has 1 aromatic heterocycles. The van der Waals surface area contributed by atoms with Crippen molar-refractivity contribution < 1.29 is 19.1 Å². The van der Waals surface area contributed by atoms with E-state index in [0.29, 0.717) is 10.6 Å². The highest BCUT2D eigenvalue weighted by atomic mass is 35.5. The van der Waals surface area contributed by atoms with E-state index in [2.05, 4.69) is 5.32 Å². The fourth-order valence-electron chi connectivity index (χ4n) is 2.31. The molecule has 0 radical (unpaired) electrons. The lowest BCUT2D eigenvalue weighted by molar-refractivity contribution is -0.124. The van der Waals surface area contributed by atoms with Gasteiger partial charge in [-0.15, -0.1) is 0 Å². The number of ether oxygens (including phenoxy) is 1. The minimum atomic E-state index is -0.666. The lowest BCUT2D eigenvalue weighted by Crippen LogP contribution is -2.31. The molecule has 1 amide bonds. The standard InChI is InChI=1S/C18H19ClN2O4/c1-11(13-5-4-6-15(19)7-13)20-17(23)10-25-18(24)16-8-14(12(2)22)9-21(16)3/h4-9,11H,10H2,1-3H3,(H,20,23)/t11-/m1/s1. The molecule has 1 aromatic carbocycles. The molecule has 0 unspecified atom stereocenters. The number of rotatable bonds is 6. The molecule has 0 saturated carbocycles. The van der Waals surface area contributed by atoms with E-state index < -0.39 is 18.5 Å². The third-order valence-corrected chi connectivity index (χ3v) is 3.92. The van der Waals surface area contributed by atoms with Crippen LogP contribution in [0.1, 0.15) is 46.3 Å². The summed E-state index contributed by atoms with van der Waals surface area (Å²) in [5, 5.41) is 3.31. The number of hydrogen-bond donors (Lipinski definition) is 1. The third kappa shape index (κ3) is 4.93. The number of benzene rings is 1. The minimum absolute atomic E-state index is 0.150. The lowest BCUT2D eigenvalue weighted by Gasteiger charge is -2.14. The number of esters is 1. The average Bonchev–Trinajstić information content (AvgIpc) is 2.95. The second-order valence-corrected chi connectivity index (χ2v) is 6.14. The molecule has 0 spiro atoms. The van der Waals surface area contributed by atoms with Gasteiger partial charge in [0.05, 0.1) is 6.04 Å². The third-order valence-electron chi connectivity index (χ3n) is 3.68. The van der Waals surface area contributed by atoms with Crippen LogP contribution in [0.15, 0.2) is 36.5 Å². The van der Waals surface area contributed by atoms with Gasteiger partial charge in [0.1, 0.15) is 5.69 Å². The zero-order valence-electron chi connectivity index (χ0n) is 14.2. The summed E-state index contributed by atoms with van der Waals surface area (Å²) in [7, 11) is 1.63. The molecule has 1 heterocycles. The van der Waals surface area contributed by atoms with Crippen LogP contribution in [0.2, 0.25) is 5.02 Å². The Hall–Kier alpha value is -2.60. The van der Waals surface area contributed by atoms with Gasteiger partial charge < -0.3 is 14.6 Å². The smallest absolute Gasteiger partial charge is 0.355 e. The van der Waals surface area contributed by atoms with E-state index in [1.807, 2.05) is 13.0 Å². The van der Waals surface area contributed by atoms with Gasteiger partial charge >= 0.3 is 5.97 Å². The number of nitrogens with one attached hydrogen (secondary N) is 1. The second-order valence-electron chi connectivity index (χ2n) is 5.70. The SMILES string of the molecule is CC(=O)c1cc(C(=O)OCC(=O)N[C@H](C)c2cccc(Cl)c2)n(C)c1. The maximum atomic E-state index is 12.1. The van der Waals surface area contributed by atoms with Crippen LogP contribution < -0.4 is 5.32 Å². The van der Waals surface area contributed by atoms with E-state index in [4.69, 9.17) is 16.3 Å². The van der Waals surface area contributed by atoms with Crippen molar-refractivity contribution in [3.8, 4) is 0 Å². The van der Waals surface area contributed by atoms with Crippen molar-refractivity contribution in [1.29, 1.82) is 0 Å². The molecule has 0 aliphatic rings. The molecular weight excluding hydrogens is 344 g/mol. The molecule has 132 valence electrons. The fourth-order valence-corrected chi connectivity index (χ4v) is 2.51. The molecule has 25 heavy (non-hydrogen) atoms. The number of aromatic nitrogens is 1. The number of Topliss-reactive ketones (excluding diaryl/α,β-unsaturated/α-hetero) is 1.